The molecule has 6 nitrogen and oxygen atoms in total. The van der Waals surface area contributed by atoms with Crippen molar-refractivity contribution in [1.82, 2.24) is 15.1 Å². The molecule has 144 valence electrons. The van der Waals surface area contributed by atoms with Gasteiger partial charge in [-0.25, -0.2) is 0 Å². The molecule has 0 aromatic carbocycles. The summed E-state index contributed by atoms with van der Waals surface area (Å²) in [6.07, 6.45) is 5.27. The van der Waals surface area contributed by atoms with Crippen LogP contribution in [0.3, 0.4) is 0 Å². The number of likely N-dealkylation sites (tertiary alicyclic amines) is 2. The number of nitrogens with two attached hydrogens (primary N) is 1. The van der Waals surface area contributed by atoms with Crippen LogP contribution in [0.25, 0.3) is 0 Å². The van der Waals surface area contributed by atoms with Crippen LogP contribution in [0.4, 0.5) is 0 Å². The van der Waals surface area contributed by atoms with Crippen molar-refractivity contribution < 1.29 is 4.79 Å². The van der Waals surface area contributed by atoms with E-state index in [0.717, 1.165) is 50.9 Å². The zero-order valence-electron chi connectivity index (χ0n) is 16.3. The van der Waals surface area contributed by atoms with Gasteiger partial charge in [-0.1, -0.05) is 6.92 Å². The van der Waals surface area contributed by atoms with Crippen molar-refractivity contribution in [1.29, 1.82) is 0 Å². The van der Waals surface area contributed by atoms with Gasteiger partial charge in [0, 0.05) is 32.1 Å². The zero-order valence-corrected chi connectivity index (χ0v) is 16.3. The van der Waals surface area contributed by atoms with Gasteiger partial charge in [0.25, 0.3) is 0 Å². The molecule has 2 atom stereocenters. The van der Waals surface area contributed by atoms with E-state index in [9.17, 15) is 4.79 Å². The summed E-state index contributed by atoms with van der Waals surface area (Å²) in [5.74, 6) is 2.02. The molecule has 0 aromatic rings. The standard InChI is InChI=1S/C19H37N5O/c1-4-21-19(24-9-5-6-17(14-24)12-18(20)25)22-13-16(3)23-10-7-15(2)8-11-23/h15-17H,4-14H2,1-3H3,(H2,20,25)(H,21,22). The summed E-state index contributed by atoms with van der Waals surface area (Å²) in [7, 11) is 0. The number of primary amides is 1. The van der Waals surface area contributed by atoms with Gasteiger partial charge in [0.05, 0.1) is 6.54 Å². The minimum Gasteiger partial charge on any atom is -0.370 e. The third kappa shape index (κ3) is 6.49. The van der Waals surface area contributed by atoms with Crippen molar-refractivity contribution in [2.45, 2.75) is 58.9 Å². The molecular formula is C19H37N5O. The Hall–Kier alpha value is -1.30. The molecule has 6 heteroatoms. The summed E-state index contributed by atoms with van der Waals surface area (Å²) in [6.45, 7) is 12.7. The molecule has 0 saturated carbocycles. The highest BCUT2D eigenvalue weighted by Crippen LogP contribution is 2.20. The van der Waals surface area contributed by atoms with E-state index in [1.165, 1.54) is 25.9 Å². The molecule has 2 heterocycles. The highest BCUT2D eigenvalue weighted by atomic mass is 16.1. The fraction of sp³-hybridized carbons (Fsp3) is 0.895. The Bertz CT molecular complexity index is 445. The molecule has 0 aliphatic carbocycles. The van der Waals surface area contributed by atoms with E-state index in [2.05, 4.69) is 35.9 Å². The smallest absolute Gasteiger partial charge is 0.217 e. The van der Waals surface area contributed by atoms with Crippen LogP contribution in [0, 0.1) is 11.8 Å². The van der Waals surface area contributed by atoms with Crippen molar-refractivity contribution >= 4 is 11.9 Å². The normalized spacial score (nSPS) is 25.0. The maximum absolute atomic E-state index is 11.2. The molecule has 0 spiro atoms. The molecule has 2 saturated heterocycles. The highest BCUT2D eigenvalue weighted by molar-refractivity contribution is 5.80. The maximum Gasteiger partial charge on any atom is 0.217 e. The molecular weight excluding hydrogens is 314 g/mol. The first-order valence-corrected chi connectivity index (χ1v) is 10.0. The van der Waals surface area contributed by atoms with Gasteiger partial charge in [0.15, 0.2) is 5.96 Å². The first kappa shape index (κ1) is 20.0. The van der Waals surface area contributed by atoms with Gasteiger partial charge in [-0.2, -0.15) is 0 Å². The number of hydrogen-bond acceptors (Lipinski definition) is 3. The molecule has 0 radical (unpaired) electrons. The fourth-order valence-electron chi connectivity index (χ4n) is 3.94. The second kappa shape index (κ2) is 10.00. The monoisotopic (exact) mass is 351 g/mol. The van der Waals surface area contributed by atoms with Crippen molar-refractivity contribution in [2.75, 3.05) is 39.3 Å². The number of amides is 1. The van der Waals surface area contributed by atoms with E-state index in [-0.39, 0.29) is 5.91 Å². The van der Waals surface area contributed by atoms with Crippen LogP contribution in [-0.2, 0) is 4.79 Å². The van der Waals surface area contributed by atoms with Crippen LogP contribution in [0.2, 0.25) is 0 Å². The largest absolute Gasteiger partial charge is 0.370 e. The van der Waals surface area contributed by atoms with Crippen molar-refractivity contribution in [3.05, 3.63) is 0 Å². The average molecular weight is 352 g/mol. The Kier molecular flexibility index (Phi) is 8.00. The van der Waals surface area contributed by atoms with Gasteiger partial charge in [-0.05, 0) is 64.5 Å². The summed E-state index contributed by atoms with van der Waals surface area (Å²) >= 11 is 0. The highest BCUT2D eigenvalue weighted by Gasteiger charge is 2.24. The first-order chi connectivity index (χ1) is 12.0. The lowest BCUT2D eigenvalue weighted by Gasteiger charge is -2.36. The molecule has 3 N–H and O–H groups in total. The lowest BCUT2D eigenvalue weighted by molar-refractivity contribution is -0.119. The minimum atomic E-state index is -0.193. The van der Waals surface area contributed by atoms with Crippen LogP contribution >= 0.6 is 0 Å². The fourth-order valence-corrected chi connectivity index (χ4v) is 3.94. The average Bonchev–Trinajstić information content (AvgIpc) is 2.58. The van der Waals surface area contributed by atoms with E-state index >= 15 is 0 Å². The summed E-state index contributed by atoms with van der Waals surface area (Å²) in [5.41, 5.74) is 5.39. The van der Waals surface area contributed by atoms with E-state index in [0.29, 0.717) is 18.4 Å². The van der Waals surface area contributed by atoms with Crippen LogP contribution in [0.1, 0.15) is 52.9 Å². The Morgan fingerprint density at radius 2 is 2.00 bits per heavy atom. The minimum absolute atomic E-state index is 0.193. The maximum atomic E-state index is 11.2. The number of guanidine groups is 1. The van der Waals surface area contributed by atoms with Crippen LogP contribution in [0.15, 0.2) is 4.99 Å². The molecule has 2 aliphatic heterocycles. The molecule has 2 rings (SSSR count). The third-order valence-corrected chi connectivity index (χ3v) is 5.59. The van der Waals surface area contributed by atoms with Gasteiger partial charge < -0.3 is 16.0 Å². The van der Waals surface area contributed by atoms with Crippen LogP contribution in [-0.4, -0.2) is 67.0 Å². The first-order valence-electron chi connectivity index (χ1n) is 10.0. The van der Waals surface area contributed by atoms with Crippen molar-refractivity contribution in [3.63, 3.8) is 0 Å². The van der Waals surface area contributed by atoms with Crippen molar-refractivity contribution in [2.24, 2.45) is 22.6 Å². The Morgan fingerprint density at radius 1 is 1.28 bits per heavy atom. The molecule has 2 aliphatic rings. The molecule has 1 amide bonds. The zero-order chi connectivity index (χ0) is 18.2. The van der Waals surface area contributed by atoms with Gasteiger partial charge in [0.2, 0.25) is 5.91 Å². The van der Waals surface area contributed by atoms with Crippen molar-refractivity contribution in [3.8, 4) is 0 Å². The number of nitrogens with zero attached hydrogens (tertiary/aromatic N) is 3. The number of nitrogens with one attached hydrogen (secondary N) is 1. The number of piperidine rings is 2. The Balaban J connectivity index is 1.91. The van der Waals surface area contributed by atoms with Gasteiger partial charge in [0.1, 0.15) is 0 Å². The van der Waals surface area contributed by atoms with Crippen LogP contribution < -0.4 is 11.1 Å². The summed E-state index contributed by atoms with van der Waals surface area (Å²) in [6, 6.07) is 0.479. The Labute approximate surface area is 153 Å². The summed E-state index contributed by atoms with van der Waals surface area (Å²) in [4.78, 5) is 21.0. The molecule has 2 unspecified atom stereocenters. The van der Waals surface area contributed by atoms with E-state index in [4.69, 9.17) is 10.7 Å². The van der Waals surface area contributed by atoms with Gasteiger partial charge in [-0.15, -0.1) is 0 Å². The summed E-state index contributed by atoms with van der Waals surface area (Å²) < 4.78 is 0. The topological polar surface area (TPSA) is 74.0 Å². The molecule has 25 heavy (non-hydrogen) atoms. The number of carbonyl (C=O) groups excluding carboxylic acids is 1. The predicted octanol–water partition coefficient (Wildman–Crippen LogP) is 1.66. The molecule has 0 bridgehead atoms. The van der Waals surface area contributed by atoms with E-state index in [1.54, 1.807) is 0 Å². The lowest BCUT2D eigenvalue weighted by atomic mass is 9.95. The summed E-state index contributed by atoms with van der Waals surface area (Å²) in [5, 5.41) is 3.43. The van der Waals surface area contributed by atoms with E-state index < -0.39 is 0 Å². The predicted molar refractivity (Wildman–Crippen MR) is 104 cm³/mol. The van der Waals surface area contributed by atoms with Gasteiger partial charge >= 0.3 is 0 Å². The third-order valence-electron chi connectivity index (χ3n) is 5.59. The van der Waals surface area contributed by atoms with E-state index in [1.807, 2.05) is 0 Å². The second-order valence-electron chi connectivity index (χ2n) is 7.89. The number of hydrogen-bond donors (Lipinski definition) is 2. The molecule has 0 aromatic heterocycles. The number of carbonyl (C=O) groups is 1. The molecule has 2 fully saturated rings. The Morgan fingerprint density at radius 3 is 2.64 bits per heavy atom. The second-order valence-corrected chi connectivity index (χ2v) is 7.89. The quantitative estimate of drug-likeness (QED) is 0.564. The lowest BCUT2D eigenvalue weighted by Crippen LogP contribution is -2.48. The number of aliphatic imine (C=N–C) groups is 1. The number of rotatable bonds is 6. The van der Waals surface area contributed by atoms with Gasteiger partial charge in [-0.3, -0.25) is 14.7 Å². The SMILES string of the molecule is CCNC(=NCC(C)N1CCC(C)CC1)N1CCCC(CC(N)=O)C1. The van der Waals surface area contributed by atoms with Crippen LogP contribution in [0.5, 0.6) is 0 Å².